The minimum atomic E-state index is 0.261. The highest BCUT2D eigenvalue weighted by molar-refractivity contribution is 5.74. The third-order valence-corrected chi connectivity index (χ3v) is 6.48. The lowest BCUT2D eigenvalue weighted by Crippen LogP contribution is -2.12. The van der Waals surface area contributed by atoms with Gasteiger partial charge in [-0.05, 0) is 74.9 Å². The molecular formula is C27H31N5O3. The van der Waals surface area contributed by atoms with Crippen LogP contribution in [0.3, 0.4) is 0 Å². The van der Waals surface area contributed by atoms with Crippen LogP contribution in [0.25, 0.3) is 11.2 Å². The third kappa shape index (κ3) is 5.21. The fourth-order valence-corrected chi connectivity index (χ4v) is 4.56. The SMILES string of the molecule is COc1ccc(Cn2c(C)nc3c(C)nc(OCCc4ccncc4)nc32)cc1OC1CCCC1. The summed E-state index contributed by atoms with van der Waals surface area (Å²) in [5.74, 6) is 2.43. The van der Waals surface area contributed by atoms with E-state index in [4.69, 9.17) is 24.2 Å². The second-order valence-corrected chi connectivity index (χ2v) is 8.97. The molecule has 1 aliphatic carbocycles. The van der Waals surface area contributed by atoms with E-state index in [1.54, 1.807) is 19.5 Å². The molecule has 8 heteroatoms. The molecule has 0 atom stereocenters. The summed E-state index contributed by atoms with van der Waals surface area (Å²) in [5.41, 5.74) is 4.62. The number of aromatic nitrogens is 5. The summed E-state index contributed by atoms with van der Waals surface area (Å²) >= 11 is 0. The zero-order valence-electron chi connectivity index (χ0n) is 20.5. The molecule has 5 rings (SSSR count). The number of fused-ring (bicyclic) bond motifs is 1. The van der Waals surface area contributed by atoms with E-state index >= 15 is 0 Å². The first-order valence-electron chi connectivity index (χ1n) is 12.2. The van der Waals surface area contributed by atoms with Crippen LogP contribution >= 0.6 is 0 Å². The summed E-state index contributed by atoms with van der Waals surface area (Å²) in [6.45, 7) is 5.03. The van der Waals surface area contributed by atoms with Gasteiger partial charge in [-0.1, -0.05) is 6.07 Å². The number of hydrogen-bond donors (Lipinski definition) is 0. The minimum Gasteiger partial charge on any atom is -0.493 e. The molecule has 3 aromatic heterocycles. The lowest BCUT2D eigenvalue weighted by molar-refractivity contribution is 0.200. The van der Waals surface area contributed by atoms with Crippen LogP contribution in [0.1, 0.15) is 48.3 Å². The Kier molecular flexibility index (Phi) is 6.79. The molecule has 0 spiro atoms. The van der Waals surface area contributed by atoms with Gasteiger partial charge < -0.3 is 18.8 Å². The Morgan fingerprint density at radius 1 is 0.943 bits per heavy atom. The van der Waals surface area contributed by atoms with Crippen molar-refractivity contribution in [3.8, 4) is 17.5 Å². The van der Waals surface area contributed by atoms with Crippen LogP contribution in [0, 0.1) is 13.8 Å². The van der Waals surface area contributed by atoms with Gasteiger partial charge in [0, 0.05) is 18.8 Å². The van der Waals surface area contributed by atoms with Crippen LogP contribution in [-0.4, -0.2) is 44.3 Å². The molecule has 3 heterocycles. The largest absolute Gasteiger partial charge is 0.493 e. The first kappa shape index (κ1) is 23.1. The molecule has 182 valence electrons. The Labute approximate surface area is 205 Å². The molecule has 4 aromatic rings. The number of methoxy groups -OCH3 is 1. The van der Waals surface area contributed by atoms with Crippen molar-refractivity contribution < 1.29 is 14.2 Å². The van der Waals surface area contributed by atoms with Crippen LogP contribution in [0.5, 0.6) is 17.5 Å². The standard InChI is InChI=1S/C27H31N5O3/c1-18-25-26(31-27(29-18)34-15-12-20-10-13-28-14-11-20)32(19(2)30-25)17-21-8-9-23(33-3)24(16-21)35-22-6-4-5-7-22/h8-11,13-14,16,22H,4-7,12,15,17H2,1-3H3. The normalized spacial score (nSPS) is 13.9. The van der Waals surface area contributed by atoms with Gasteiger partial charge in [-0.25, -0.2) is 4.98 Å². The fraction of sp³-hybridized carbons (Fsp3) is 0.407. The van der Waals surface area contributed by atoms with Crippen molar-refractivity contribution in [1.82, 2.24) is 24.5 Å². The van der Waals surface area contributed by atoms with Crippen LogP contribution in [0.15, 0.2) is 42.7 Å². The van der Waals surface area contributed by atoms with Crippen molar-refractivity contribution in [2.45, 2.75) is 58.6 Å². The van der Waals surface area contributed by atoms with Gasteiger partial charge in [-0.15, -0.1) is 0 Å². The number of nitrogens with zero attached hydrogens (tertiary/aromatic N) is 5. The molecule has 0 amide bonds. The van der Waals surface area contributed by atoms with Crippen LogP contribution in [0.4, 0.5) is 0 Å². The van der Waals surface area contributed by atoms with Crippen molar-refractivity contribution in [3.63, 3.8) is 0 Å². The number of aryl methyl sites for hydroxylation is 2. The maximum atomic E-state index is 6.29. The Morgan fingerprint density at radius 3 is 2.51 bits per heavy atom. The first-order valence-corrected chi connectivity index (χ1v) is 12.2. The monoisotopic (exact) mass is 473 g/mol. The zero-order chi connectivity index (χ0) is 24.2. The summed E-state index contributed by atoms with van der Waals surface area (Å²) in [6.07, 6.45) is 9.23. The van der Waals surface area contributed by atoms with E-state index in [0.717, 1.165) is 64.6 Å². The summed E-state index contributed by atoms with van der Waals surface area (Å²) in [7, 11) is 1.68. The Hall–Kier alpha value is -3.68. The van der Waals surface area contributed by atoms with Gasteiger partial charge in [-0.2, -0.15) is 9.97 Å². The molecule has 8 nitrogen and oxygen atoms in total. The van der Waals surface area contributed by atoms with Gasteiger partial charge in [0.2, 0.25) is 0 Å². The Bertz CT molecular complexity index is 1300. The van der Waals surface area contributed by atoms with E-state index in [1.807, 2.05) is 32.0 Å². The number of benzene rings is 1. The average Bonchev–Trinajstić information content (AvgIpc) is 3.48. The van der Waals surface area contributed by atoms with Gasteiger partial charge in [0.15, 0.2) is 17.1 Å². The first-order chi connectivity index (χ1) is 17.1. The highest BCUT2D eigenvalue weighted by atomic mass is 16.5. The van der Waals surface area contributed by atoms with E-state index in [2.05, 4.69) is 26.7 Å². The summed E-state index contributed by atoms with van der Waals surface area (Å²) < 4.78 is 19.9. The molecule has 0 bridgehead atoms. The van der Waals surface area contributed by atoms with Gasteiger partial charge >= 0.3 is 6.01 Å². The average molecular weight is 474 g/mol. The van der Waals surface area contributed by atoms with E-state index in [0.29, 0.717) is 19.2 Å². The smallest absolute Gasteiger partial charge is 0.318 e. The minimum absolute atomic E-state index is 0.261. The molecule has 0 N–H and O–H groups in total. The molecule has 0 aliphatic heterocycles. The molecular weight excluding hydrogens is 442 g/mol. The van der Waals surface area contributed by atoms with E-state index in [-0.39, 0.29) is 6.10 Å². The highest BCUT2D eigenvalue weighted by Gasteiger charge is 2.20. The lowest BCUT2D eigenvalue weighted by atomic mass is 10.2. The van der Waals surface area contributed by atoms with Gasteiger partial charge in [0.25, 0.3) is 0 Å². The number of pyridine rings is 1. The molecule has 1 aliphatic rings. The van der Waals surface area contributed by atoms with E-state index in [1.165, 1.54) is 12.8 Å². The Morgan fingerprint density at radius 2 is 1.74 bits per heavy atom. The zero-order valence-corrected chi connectivity index (χ0v) is 20.5. The topological polar surface area (TPSA) is 84.2 Å². The molecule has 0 radical (unpaired) electrons. The second-order valence-electron chi connectivity index (χ2n) is 8.97. The third-order valence-electron chi connectivity index (χ3n) is 6.48. The molecule has 1 saturated carbocycles. The molecule has 0 unspecified atom stereocenters. The van der Waals surface area contributed by atoms with Crippen molar-refractivity contribution in [2.75, 3.05) is 13.7 Å². The van der Waals surface area contributed by atoms with E-state index < -0.39 is 0 Å². The second kappa shape index (κ2) is 10.3. The molecule has 1 aromatic carbocycles. The number of imidazole rings is 1. The fourth-order valence-electron chi connectivity index (χ4n) is 4.56. The predicted molar refractivity (Wildman–Crippen MR) is 133 cm³/mol. The van der Waals surface area contributed by atoms with Crippen LogP contribution in [-0.2, 0) is 13.0 Å². The quantitative estimate of drug-likeness (QED) is 0.344. The van der Waals surface area contributed by atoms with Gasteiger partial charge in [0.05, 0.1) is 32.1 Å². The summed E-state index contributed by atoms with van der Waals surface area (Å²) in [4.78, 5) is 18.0. The number of ether oxygens (including phenoxy) is 3. The van der Waals surface area contributed by atoms with Crippen molar-refractivity contribution in [1.29, 1.82) is 0 Å². The maximum absolute atomic E-state index is 6.29. The molecule has 1 fully saturated rings. The predicted octanol–water partition coefficient (Wildman–Crippen LogP) is 4.84. The molecule has 35 heavy (non-hydrogen) atoms. The number of rotatable bonds is 9. The van der Waals surface area contributed by atoms with Crippen molar-refractivity contribution >= 4 is 11.2 Å². The lowest BCUT2D eigenvalue weighted by Gasteiger charge is -2.17. The summed E-state index contributed by atoms with van der Waals surface area (Å²) in [5, 5.41) is 0. The number of hydrogen-bond acceptors (Lipinski definition) is 7. The van der Waals surface area contributed by atoms with Crippen LogP contribution < -0.4 is 14.2 Å². The van der Waals surface area contributed by atoms with Gasteiger partial charge in [0.1, 0.15) is 11.3 Å². The van der Waals surface area contributed by atoms with Crippen molar-refractivity contribution in [3.05, 3.63) is 65.4 Å². The van der Waals surface area contributed by atoms with Gasteiger partial charge in [-0.3, -0.25) is 4.98 Å². The Balaban J connectivity index is 1.38. The molecule has 0 saturated heterocycles. The van der Waals surface area contributed by atoms with Crippen LogP contribution in [0.2, 0.25) is 0 Å². The van der Waals surface area contributed by atoms with E-state index in [9.17, 15) is 0 Å². The summed E-state index contributed by atoms with van der Waals surface area (Å²) in [6, 6.07) is 10.4. The maximum Gasteiger partial charge on any atom is 0.318 e. The highest BCUT2D eigenvalue weighted by Crippen LogP contribution is 2.33. The van der Waals surface area contributed by atoms with Crippen molar-refractivity contribution in [2.24, 2.45) is 0 Å².